The predicted molar refractivity (Wildman–Crippen MR) is 103 cm³/mol. The van der Waals surface area contributed by atoms with E-state index in [1.165, 1.54) is 4.68 Å². The zero-order valence-electron chi connectivity index (χ0n) is 17.6. The highest BCUT2D eigenvalue weighted by Gasteiger charge is 2.45. The Hall–Kier alpha value is -1.54. The van der Waals surface area contributed by atoms with Gasteiger partial charge in [-0.25, -0.2) is 13.6 Å². The maximum Gasteiger partial charge on any atom is 0.359 e. The highest BCUT2D eigenvalue weighted by molar-refractivity contribution is 5.89. The van der Waals surface area contributed by atoms with Crippen LogP contribution in [0.5, 0.6) is 0 Å². The van der Waals surface area contributed by atoms with Crippen molar-refractivity contribution in [3.8, 4) is 0 Å². The van der Waals surface area contributed by atoms with Gasteiger partial charge in [0.15, 0.2) is 5.69 Å². The normalized spacial score (nSPS) is 20.6. The van der Waals surface area contributed by atoms with Crippen molar-refractivity contribution >= 4 is 5.97 Å². The molecule has 1 saturated carbocycles. The quantitative estimate of drug-likeness (QED) is 0.572. The monoisotopic (exact) mass is 414 g/mol. The molecular formula is C21H32F2N2O4. The minimum Gasteiger partial charge on any atom is -0.461 e. The molecule has 6 nitrogen and oxygen atoms in total. The molecule has 3 rings (SSSR count). The maximum atomic E-state index is 14.0. The molecule has 0 radical (unpaired) electrons. The van der Waals surface area contributed by atoms with Crippen molar-refractivity contribution in [3.05, 3.63) is 17.0 Å². The van der Waals surface area contributed by atoms with Crippen molar-refractivity contribution < 1.29 is 27.8 Å². The SMILES string of the molecule is CCOCC1(COCC)CCC(c2c(C(=O)OCC)nn3c2CC(F)(F)C3)CC1. The molecule has 0 spiro atoms. The molecule has 8 heteroatoms. The minimum absolute atomic E-state index is 0.0171. The third-order valence-electron chi connectivity index (χ3n) is 6.05. The van der Waals surface area contributed by atoms with Crippen LogP contribution in [0.3, 0.4) is 0 Å². The average molecular weight is 414 g/mol. The second-order valence-corrected chi connectivity index (χ2v) is 8.17. The summed E-state index contributed by atoms with van der Waals surface area (Å²) >= 11 is 0. The second kappa shape index (κ2) is 9.08. The zero-order valence-corrected chi connectivity index (χ0v) is 17.6. The largest absolute Gasteiger partial charge is 0.461 e. The smallest absolute Gasteiger partial charge is 0.359 e. The summed E-state index contributed by atoms with van der Waals surface area (Å²) in [4.78, 5) is 12.5. The van der Waals surface area contributed by atoms with Gasteiger partial charge in [-0.05, 0) is 52.4 Å². The average Bonchev–Trinajstić information content (AvgIpc) is 3.17. The van der Waals surface area contributed by atoms with Gasteiger partial charge in [-0.15, -0.1) is 0 Å². The van der Waals surface area contributed by atoms with E-state index in [0.717, 1.165) is 25.7 Å². The number of carbonyl (C=O) groups excluding carboxylic acids is 1. The molecule has 0 saturated heterocycles. The van der Waals surface area contributed by atoms with Crippen LogP contribution >= 0.6 is 0 Å². The number of halogens is 2. The van der Waals surface area contributed by atoms with E-state index in [4.69, 9.17) is 14.2 Å². The Labute approximate surface area is 170 Å². The van der Waals surface area contributed by atoms with Crippen molar-refractivity contribution in [3.63, 3.8) is 0 Å². The number of aromatic nitrogens is 2. The van der Waals surface area contributed by atoms with E-state index in [1.807, 2.05) is 13.8 Å². The molecule has 0 N–H and O–H groups in total. The van der Waals surface area contributed by atoms with E-state index < -0.39 is 18.4 Å². The van der Waals surface area contributed by atoms with Gasteiger partial charge in [0.2, 0.25) is 0 Å². The van der Waals surface area contributed by atoms with Crippen LogP contribution in [0, 0.1) is 5.41 Å². The first kappa shape index (κ1) is 22.2. The van der Waals surface area contributed by atoms with E-state index in [-0.39, 0.29) is 30.1 Å². The topological polar surface area (TPSA) is 62.6 Å². The number of fused-ring (bicyclic) bond motifs is 1. The van der Waals surface area contributed by atoms with Crippen molar-refractivity contribution in [1.82, 2.24) is 9.78 Å². The Kier molecular flexibility index (Phi) is 6.94. The molecule has 0 aromatic carbocycles. The number of esters is 1. The third-order valence-corrected chi connectivity index (χ3v) is 6.05. The zero-order chi connectivity index (χ0) is 21.1. The molecule has 1 aliphatic heterocycles. The van der Waals surface area contributed by atoms with Crippen LogP contribution in [0.15, 0.2) is 0 Å². The lowest BCUT2D eigenvalue weighted by Crippen LogP contribution is -2.36. The van der Waals surface area contributed by atoms with E-state index in [0.29, 0.717) is 37.7 Å². The highest BCUT2D eigenvalue weighted by Crippen LogP contribution is 2.47. The molecule has 0 bridgehead atoms. The maximum absolute atomic E-state index is 14.0. The Balaban J connectivity index is 1.83. The van der Waals surface area contributed by atoms with Crippen LogP contribution in [-0.2, 0) is 27.2 Å². The van der Waals surface area contributed by atoms with Crippen LogP contribution in [0.4, 0.5) is 8.78 Å². The molecule has 1 aromatic heterocycles. The summed E-state index contributed by atoms with van der Waals surface area (Å²) < 4.78 is 45.9. The second-order valence-electron chi connectivity index (χ2n) is 8.17. The fourth-order valence-corrected chi connectivity index (χ4v) is 4.61. The van der Waals surface area contributed by atoms with Gasteiger partial charge < -0.3 is 14.2 Å². The number of rotatable bonds is 9. The number of carbonyl (C=O) groups is 1. The summed E-state index contributed by atoms with van der Waals surface area (Å²) in [5.41, 5.74) is 1.31. The summed E-state index contributed by atoms with van der Waals surface area (Å²) in [7, 11) is 0. The molecule has 0 unspecified atom stereocenters. The summed E-state index contributed by atoms with van der Waals surface area (Å²) in [6, 6.07) is 0. The molecule has 1 aromatic rings. The molecular weight excluding hydrogens is 382 g/mol. The standard InChI is InChI=1S/C21H32F2N2O4/c1-4-27-13-20(14-28-5-2)9-7-15(8-10-20)17-16-11-21(22,23)12-25(16)24-18(17)19(26)29-6-3/h15H,4-14H2,1-3H3. The molecule has 1 aliphatic carbocycles. The van der Waals surface area contributed by atoms with Gasteiger partial charge in [0.05, 0.1) is 26.2 Å². The predicted octanol–water partition coefficient (Wildman–Crippen LogP) is 3.97. The minimum atomic E-state index is -2.81. The molecule has 2 heterocycles. The van der Waals surface area contributed by atoms with Gasteiger partial charge in [-0.2, -0.15) is 5.10 Å². The van der Waals surface area contributed by atoms with Crippen LogP contribution in [0.2, 0.25) is 0 Å². The Bertz CT molecular complexity index is 702. The van der Waals surface area contributed by atoms with Crippen molar-refractivity contribution in [2.75, 3.05) is 33.0 Å². The third kappa shape index (κ3) is 4.79. The fourth-order valence-electron chi connectivity index (χ4n) is 4.61. The van der Waals surface area contributed by atoms with Gasteiger partial charge in [-0.3, -0.25) is 4.68 Å². The van der Waals surface area contributed by atoms with Gasteiger partial charge in [-0.1, -0.05) is 0 Å². The summed E-state index contributed by atoms with van der Waals surface area (Å²) in [6.07, 6.45) is 2.93. The number of ether oxygens (including phenoxy) is 3. The lowest BCUT2D eigenvalue weighted by Gasteiger charge is -2.40. The molecule has 2 aliphatic rings. The van der Waals surface area contributed by atoms with E-state index in [9.17, 15) is 13.6 Å². The van der Waals surface area contributed by atoms with Crippen LogP contribution in [-0.4, -0.2) is 54.7 Å². The Morgan fingerprint density at radius 3 is 2.28 bits per heavy atom. The lowest BCUT2D eigenvalue weighted by atomic mass is 9.69. The van der Waals surface area contributed by atoms with Crippen molar-refractivity contribution in [1.29, 1.82) is 0 Å². The number of alkyl halides is 2. The Morgan fingerprint density at radius 2 is 1.72 bits per heavy atom. The number of hydrogen-bond acceptors (Lipinski definition) is 5. The highest BCUT2D eigenvalue weighted by atomic mass is 19.3. The van der Waals surface area contributed by atoms with E-state index >= 15 is 0 Å². The first-order chi connectivity index (χ1) is 13.8. The summed E-state index contributed by atoms with van der Waals surface area (Å²) in [5, 5.41) is 4.23. The first-order valence-electron chi connectivity index (χ1n) is 10.6. The van der Waals surface area contributed by atoms with E-state index in [1.54, 1.807) is 6.92 Å². The van der Waals surface area contributed by atoms with E-state index in [2.05, 4.69) is 5.10 Å². The van der Waals surface area contributed by atoms with Gasteiger partial charge in [0.25, 0.3) is 5.92 Å². The molecule has 29 heavy (non-hydrogen) atoms. The van der Waals surface area contributed by atoms with Crippen LogP contribution in [0.1, 0.15) is 74.1 Å². The fraction of sp³-hybridized carbons (Fsp3) is 0.810. The summed E-state index contributed by atoms with van der Waals surface area (Å²) in [6.45, 7) is 7.99. The number of nitrogens with zero attached hydrogens (tertiary/aromatic N) is 2. The molecule has 0 atom stereocenters. The number of hydrogen-bond donors (Lipinski definition) is 0. The first-order valence-corrected chi connectivity index (χ1v) is 10.6. The van der Waals surface area contributed by atoms with Crippen LogP contribution < -0.4 is 0 Å². The van der Waals surface area contributed by atoms with Gasteiger partial charge >= 0.3 is 5.97 Å². The lowest BCUT2D eigenvalue weighted by molar-refractivity contribution is -0.0396. The van der Waals surface area contributed by atoms with Crippen LogP contribution in [0.25, 0.3) is 0 Å². The molecule has 0 amide bonds. The molecule has 164 valence electrons. The Morgan fingerprint density at radius 1 is 1.10 bits per heavy atom. The van der Waals surface area contributed by atoms with Crippen molar-refractivity contribution in [2.45, 2.75) is 71.3 Å². The summed E-state index contributed by atoms with van der Waals surface area (Å²) in [5.74, 6) is -3.32. The van der Waals surface area contributed by atoms with Gasteiger partial charge in [0, 0.05) is 29.9 Å². The van der Waals surface area contributed by atoms with Crippen molar-refractivity contribution in [2.24, 2.45) is 5.41 Å². The van der Waals surface area contributed by atoms with Gasteiger partial charge in [0.1, 0.15) is 6.54 Å². The molecule has 1 fully saturated rings.